The molecular weight excluding hydrogens is 252 g/mol. The molecule has 0 saturated carbocycles. The Morgan fingerprint density at radius 1 is 1.15 bits per heavy atom. The molecule has 20 heavy (non-hydrogen) atoms. The number of carbonyl (C=O) groups excluding carboxylic acids is 1. The van der Waals surface area contributed by atoms with Crippen LogP contribution in [0.1, 0.15) is 31.9 Å². The van der Waals surface area contributed by atoms with Crippen molar-refractivity contribution in [2.45, 2.75) is 46.8 Å². The summed E-state index contributed by atoms with van der Waals surface area (Å²) in [6.07, 6.45) is 0.0729. The first kappa shape index (κ1) is 14.9. The summed E-state index contributed by atoms with van der Waals surface area (Å²) in [7, 11) is 0. The minimum Gasteiger partial charge on any atom is -0.399 e. The second-order valence-corrected chi connectivity index (χ2v) is 5.95. The van der Waals surface area contributed by atoms with E-state index in [1.54, 1.807) is 0 Å². The molecule has 2 rings (SSSR count). The molecule has 1 amide bonds. The lowest BCUT2D eigenvalue weighted by Crippen LogP contribution is -2.32. The molecule has 1 aromatic rings. The number of rotatable bonds is 2. The second-order valence-electron chi connectivity index (χ2n) is 5.95. The quantitative estimate of drug-likeness (QED) is 0.816. The lowest BCUT2D eigenvalue weighted by Gasteiger charge is -2.20. The van der Waals surface area contributed by atoms with Gasteiger partial charge in [-0.3, -0.25) is 4.79 Å². The van der Waals surface area contributed by atoms with Crippen LogP contribution in [0.2, 0.25) is 0 Å². The Bertz CT molecular complexity index is 504. The van der Waals surface area contributed by atoms with Crippen LogP contribution in [-0.4, -0.2) is 18.1 Å². The van der Waals surface area contributed by atoms with Crippen LogP contribution in [0.25, 0.3) is 0 Å². The molecular formula is C16H24N2O2. The predicted molar refractivity (Wildman–Crippen MR) is 81.6 cm³/mol. The molecule has 3 N–H and O–H groups in total. The summed E-state index contributed by atoms with van der Waals surface area (Å²) >= 11 is 0. The molecule has 0 spiro atoms. The predicted octanol–water partition coefficient (Wildman–Crippen LogP) is 2.88. The standard InChI is InChI=1S/C16H24N2O2/c1-8-6-13(17)7-9(2)15(8)18-16(19)14-10(3)11(4)20-12(14)5/h6-7,10-12,14H,17H2,1-5H3,(H,18,19). The largest absolute Gasteiger partial charge is 0.399 e. The third-order valence-electron chi connectivity index (χ3n) is 4.35. The zero-order valence-corrected chi connectivity index (χ0v) is 12.9. The fraction of sp³-hybridized carbons (Fsp3) is 0.562. The lowest BCUT2D eigenvalue weighted by atomic mass is 9.88. The summed E-state index contributed by atoms with van der Waals surface area (Å²) in [5.74, 6) is 0.145. The van der Waals surface area contributed by atoms with Crippen LogP contribution in [-0.2, 0) is 9.53 Å². The monoisotopic (exact) mass is 276 g/mol. The van der Waals surface area contributed by atoms with E-state index < -0.39 is 0 Å². The van der Waals surface area contributed by atoms with Crippen LogP contribution in [0, 0.1) is 25.7 Å². The van der Waals surface area contributed by atoms with Gasteiger partial charge in [-0.25, -0.2) is 0 Å². The number of hydrogen-bond acceptors (Lipinski definition) is 3. The van der Waals surface area contributed by atoms with Crippen molar-refractivity contribution in [1.82, 2.24) is 0 Å². The molecule has 1 aromatic carbocycles. The van der Waals surface area contributed by atoms with Gasteiger partial charge in [0.25, 0.3) is 0 Å². The van der Waals surface area contributed by atoms with Gasteiger partial charge in [-0.05, 0) is 56.9 Å². The molecule has 0 radical (unpaired) electrons. The molecule has 1 fully saturated rings. The number of amides is 1. The summed E-state index contributed by atoms with van der Waals surface area (Å²) in [6, 6.07) is 3.76. The zero-order valence-electron chi connectivity index (χ0n) is 12.9. The number of nitrogens with two attached hydrogens (primary N) is 1. The van der Waals surface area contributed by atoms with Crippen LogP contribution in [0.4, 0.5) is 11.4 Å². The maximum absolute atomic E-state index is 12.5. The van der Waals surface area contributed by atoms with E-state index in [1.807, 2.05) is 39.8 Å². The number of anilines is 2. The molecule has 0 aliphatic carbocycles. The molecule has 4 atom stereocenters. The van der Waals surface area contributed by atoms with E-state index in [-0.39, 0.29) is 30.0 Å². The molecule has 0 aromatic heterocycles. The highest BCUT2D eigenvalue weighted by Crippen LogP contribution is 2.34. The number of hydrogen-bond donors (Lipinski definition) is 2. The fourth-order valence-electron chi connectivity index (χ4n) is 3.12. The molecule has 1 heterocycles. The Balaban J connectivity index is 2.21. The van der Waals surface area contributed by atoms with Gasteiger partial charge < -0.3 is 15.8 Å². The van der Waals surface area contributed by atoms with Crippen molar-refractivity contribution in [2.24, 2.45) is 11.8 Å². The van der Waals surface area contributed by atoms with Crippen LogP contribution in [0.15, 0.2) is 12.1 Å². The highest BCUT2D eigenvalue weighted by Gasteiger charge is 2.41. The molecule has 4 nitrogen and oxygen atoms in total. The number of nitrogens with one attached hydrogen (secondary N) is 1. The Hall–Kier alpha value is -1.55. The Morgan fingerprint density at radius 3 is 2.15 bits per heavy atom. The summed E-state index contributed by atoms with van der Waals surface area (Å²) in [5, 5.41) is 3.05. The highest BCUT2D eigenvalue weighted by atomic mass is 16.5. The fourth-order valence-corrected chi connectivity index (χ4v) is 3.12. The van der Waals surface area contributed by atoms with Gasteiger partial charge in [0.15, 0.2) is 0 Å². The molecule has 1 saturated heterocycles. The first-order chi connectivity index (χ1) is 9.31. The number of nitrogen functional groups attached to an aromatic ring is 1. The maximum atomic E-state index is 12.5. The Labute approximate surface area is 120 Å². The van der Waals surface area contributed by atoms with Gasteiger partial charge >= 0.3 is 0 Å². The van der Waals surface area contributed by atoms with Crippen molar-refractivity contribution < 1.29 is 9.53 Å². The number of ether oxygens (including phenoxy) is 1. The van der Waals surface area contributed by atoms with Crippen molar-refractivity contribution in [1.29, 1.82) is 0 Å². The highest BCUT2D eigenvalue weighted by molar-refractivity contribution is 5.95. The number of carbonyl (C=O) groups is 1. The van der Waals surface area contributed by atoms with Crippen molar-refractivity contribution in [3.63, 3.8) is 0 Å². The van der Waals surface area contributed by atoms with Crippen LogP contribution in [0.3, 0.4) is 0 Å². The molecule has 1 aliphatic heterocycles. The van der Waals surface area contributed by atoms with Gasteiger partial charge in [0.1, 0.15) is 0 Å². The normalized spacial score (nSPS) is 29.4. The van der Waals surface area contributed by atoms with Crippen molar-refractivity contribution in [3.05, 3.63) is 23.3 Å². The Morgan fingerprint density at radius 2 is 1.70 bits per heavy atom. The van der Waals surface area contributed by atoms with E-state index in [2.05, 4.69) is 12.2 Å². The second kappa shape index (κ2) is 5.44. The van der Waals surface area contributed by atoms with Gasteiger partial charge in [-0.2, -0.15) is 0 Å². The third-order valence-corrected chi connectivity index (χ3v) is 4.35. The van der Waals surface area contributed by atoms with Gasteiger partial charge in [0.2, 0.25) is 5.91 Å². The first-order valence-corrected chi connectivity index (χ1v) is 7.14. The third kappa shape index (κ3) is 2.66. The average molecular weight is 276 g/mol. The van der Waals surface area contributed by atoms with Crippen molar-refractivity contribution >= 4 is 17.3 Å². The van der Waals surface area contributed by atoms with Crippen molar-refractivity contribution in [3.8, 4) is 0 Å². The van der Waals surface area contributed by atoms with E-state index in [1.165, 1.54) is 0 Å². The number of benzene rings is 1. The van der Waals surface area contributed by atoms with Crippen LogP contribution >= 0.6 is 0 Å². The zero-order chi connectivity index (χ0) is 15.0. The Kier molecular flexibility index (Phi) is 4.04. The van der Waals surface area contributed by atoms with Gasteiger partial charge in [-0.1, -0.05) is 6.92 Å². The minimum atomic E-state index is -0.110. The van der Waals surface area contributed by atoms with E-state index in [0.717, 1.165) is 22.5 Å². The van der Waals surface area contributed by atoms with E-state index in [4.69, 9.17) is 10.5 Å². The summed E-state index contributed by atoms with van der Waals surface area (Å²) in [5.41, 5.74) is 9.37. The molecule has 4 unspecified atom stereocenters. The smallest absolute Gasteiger partial charge is 0.230 e. The van der Waals surface area contributed by atoms with Crippen LogP contribution in [0.5, 0.6) is 0 Å². The van der Waals surface area contributed by atoms with E-state index in [0.29, 0.717) is 0 Å². The van der Waals surface area contributed by atoms with Gasteiger partial charge in [0.05, 0.1) is 18.1 Å². The SMILES string of the molecule is Cc1cc(N)cc(C)c1NC(=O)C1C(C)OC(C)C1C. The van der Waals surface area contributed by atoms with E-state index in [9.17, 15) is 4.79 Å². The first-order valence-electron chi connectivity index (χ1n) is 7.14. The average Bonchev–Trinajstić information content (AvgIpc) is 2.58. The van der Waals surface area contributed by atoms with Gasteiger partial charge in [0, 0.05) is 11.4 Å². The lowest BCUT2D eigenvalue weighted by molar-refractivity contribution is -0.121. The van der Waals surface area contributed by atoms with E-state index >= 15 is 0 Å². The topological polar surface area (TPSA) is 64.3 Å². The molecule has 1 aliphatic rings. The number of aryl methyl sites for hydroxylation is 2. The van der Waals surface area contributed by atoms with Crippen LogP contribution < -0.4 is 11.1 Å². The molecule has 4 heteroatoms. The summed E-state index contributed by atoms with van der Waals surface area (Å²) in [4.78, 5) is 12.5. The molecule has 110 valence electrons. The van der Waals surface area contributed by atoms with Gasteiger partial charge in [-0.15, -0.1) is 0 Å². The summed E-state index contributed by atoms with van der Waals surface area (Å²) < 4.78 is 5.74. The maximum Gasteiger partial charge on any atom is 0.230 e. The summed E-state index contributed by atoms with van der Waals surface area (Å²) in [6.45, 7) is 9.97. The molecule has 0 bridgehead atoms. The van der Waals surface area contributed by atoms with Crippen molar-refractivity contribution in [2.75, 3.05) is 11.1 Å². The minimum absolute atomic E-state index is 0.0327.